The average Bonchev–Trinajstić information content (AvgIpc) is 2.03. The van der Waals surface area contributed by atoms with Crippen LogP contribution in [0, 0.1) is 0 Å². The van der Waals surface area contributed by atoms with Gasteiger partial charge in [-0.3, -0.25) is 9.11 Å². The van der Waals surface area contributed by atoms with Gasteiger partial charge in [0.05, 0.1) is 13.2 Å². The predicted molar refractivity (Wildman–Crippen MR) is 41.0 cm³/mol. The summed E-state index contributed by atoms with van der Waals surface area (Å²) >= 11 is -1.90. The summed E-state index contributed by atoms with van der Waals surface area (Å²) in [5, 5.41) is 0. The van der Waals surface area contributed by atoms with Crippen molar-refractivity contribution in [3.8, 4) is 0 Å². The zero-order chi connectivity index (χ0) is 8.10. The number of hydrogen-bond donors (Lipinski definition) is 0. The third-order valence-corrected chi connectivity index (χ3v) is 2.19. The number of ether oxygens (including phenoxy) is 1. The summed E-state index contributed by atoms with van der Waals surface area (Å²) in [6.45, 7) is 3.81. The van der Waals surface area contributed by atoms with Crippen LogP contribution in [-0.2, 0) is 15.8 Å². The van der Waals surface area contributed by atoms with E-state index in [1.165, 1.54) is 0 Å². The topological polar surface area (TPSA) is 52.6 Å². The van der Waals surface area contributed by atoms with Crippen molar-refractivity contribution in [1.29, 1.82) is 0 Å². The first-order chi connectivity index (χ1) is 5.29. The molecular weight excluding hydrogens is 189 g/mol. The van der Waals surface area contributed by atoms with Gasteiger partial charge in [-0.1, -0.05) is 11.1 Å². The normalized spacial score (nSPS) is 21.4. The second kappa shape index (κ2) is 7.44. The fourth-order valence-corrected chi connectivity index (χ4v) is 1.44. The second-order valence-electron chi connectivity index (χ2n) is 2.46. The maximum Gasteiger partial charge on any atom is 1.00 e. The van der Waals surface area contributed by atoms with E-state index in [2.05, 4.69) is 4.90 Å². The van der Waals surface area contributed by atoms with Crippen LogP contribution in [0.1, 0.15) is 0 Å². The van der Waals surface area contributed by atoms with Gasteiger partial charge in [0.25, 0.3) is 0 Å². The Morgan fingerprint density at radius 1 is 1.42 bits per heavy atom. The van der Waals surface area contributed by atoms with Gasteiger partial charge in [-0.25, -0.2) is 0 Å². The van der Waals surface area contributed by atoms with E-state index in [0.29, 0.717) is 6.54 Å². The molecule has 1 aliphatic heterocycles. The van der Waals surface area contributed by atoms with Crippen LogP contribution >= 0.6 is 0 Å². The largest absolute Gasteiger partial charge is 1.00 e. The Labute approximate surface area is 97.2 Å². The third-order valence-electron chi connectivity index (χ3n) is 1.68. The van der Waals surface area contributed by atoms with Crippen molar-refractivity contribution in [2.45, 2.75) is 0 Å². The Bertz CT molecular complexity index is 141. The Balaban J connectivity index is 0.00000121. The quantitative estimate of drug-likeness (QED) is 0.347. The van der Waals surface area contributed by atoms with Gasteiger partial charge in [0.1, 0.15) is 0 Å². The molecule has 0 aromatic rings. The maximum absolute atomic E-state index is 10.2. The molecule has 0 aliphatic carbocycles. The van der Waals surface area contributed by atoms with Gasteiger partial charge in [0, 0.05) is 25.4 Å². The third kappa shape index (κ3) is 5.64. The SMILES string of the molecule is O=S([O-])CCN1CCOCC1.[Na+]. The molecule has 0 aromatic heterocycles. The van der Waals surface area contributed by atoms with Gasteiger partial charge in [-0.2, -0.15) is 0 Å². The molecule has 1 heterocycles. The Kier molecular flexibility index (Phi) is 8.07. The molecule has 1 saturated heterocycles. The minimum absolute atomic E-state index is 0. The first-order valence-electron chi connectivity index (χ1n) is 3.65. The van der Waals surface area contributed by atoms with Gasteiger partial charge in [0.15, 0.2) is 0 Å². The van der Waals surface area contributed by atoms with Crippen LogP contribution in [0.5, 0.6) is 0 Å². The maximum atomic E-state index is 10.2. The minimum atomic E-state index is -1.90. The molecule has 12 heavy (non-hydrogen) atoms. The number of nitrogens with zero attached hydrogens (tertiary/aromatic N) is 1. The zero-order valence-electron chi connectivity index (χ0n) is 7.32. The smallest absolute Gasteiger partial charge is 0.772 e. The van der Waals surface area contributed by atoms with Crippen LogP contribution in [0.25, 0.3) is 0 Å². The monoisotopic (exact) mass is 201 g/mol. The van der Waals surface area contributed by atoms with Crippen LogP contribution in [0.4, 0.5) is 0 Å². The van der Waals surface area contributed by atoms with E-state index >= 15 is 0 Å². The molecule has 0 bridgehead atoms. The number of rotatable bonds is 3. The van der Waals surface area contributed by atoms with Crippen LogP contribution in [0.3, 0.4) is 0 Å². The molecule has 0 spiro atoms. The summed E-state index contributed by atoms with van der Waals surface area (Å²) in [5.41, 5.74) is 0. The summed E-state index contributed by atoms with van der Waals surface area (Å²) in [7, 11) is 0. The molecule has 0 saturated carbocycles. The molecule has 1 fully saturated rings. The molecule has 1 rings (SSSR count). The van der Waals surface area contributed by atoms with Crippen LogP contribution in [0.2, 0.25) is 0 Å². The van der Waals surface area contributed by atoms with Crippen LogP contribution in [0.15, 0.2) is 0 Å². The summed E-state index contributed by atoms with van der Waals surface area (Å²) in [6, 6.07) is 0. The molecule has 0 aromatic carbocycles. The van der Waals surface area contributed by atoms with Crippen molar-refractivity contribution in [3.63, 3.8) is 0 Å². The van der Waals surface area contributed by atoms with Crippen molar-refractivity contribution >= 4 is 11.1 Å². The molecular formula is C6H12NNaO3S. The molecule has 0 radical (unpaired) electrons. The van der Waals surface area contributed by atoms with E-state index in [1.807, 2.05) is 0 Å². The zero-order valence-corrected chi connectivity index (χ0v) is 10.1. The van der Waals surface area contributed by atoms with Gasteiger partial charge >= 0.3 is 29.6 Å². The minimum Gasteiger partial charge on any atom is -0.772 e. The van der Waals surface area contributed by atoms with E-state index in [1.54, 1.807) is 0 Å². The van der Waals surface area contributed by atoms with Crippen molar-refractivity contribution in [2.75, 3.05) is 38.6 Å². The van der Waals surface area contributed by atoms with Crippen molar-refractivity contribution in [3.05, 3.63) is 0 Å². The van der Waals surface area contributed by atoms with Crippen molar-refractivity contribution in [2.24, 2.45) is 0 Å². The van der Waals surface area contributed by atoms with E-state index in [0.717, 1.165) is 26.3 Å². The summed E-state index contributed by atoms with van der Waals surface area (Å²) < 4.78 is 25.5. The predicted octanol–water partition coefficient (Wildman–Crippen LogP) is -3.80. The molecule has 66 valence electrons. The molecule has 4 nitrogen and oxygen atoms in total. The molecule has 1 unspecified atom stereocenters. The van der Waals surface area contributed by atoms with Crippen LogP contribution in [-0.4, -0.2) is 52.3 Å². The van der Waals surface area contributed by atoms with Gasteiger partial charge < -0.3 is 9.29 Å². The van der Waals surface area contributed by atoms with Crippen molar-refractivity contribution < 1.29 is 43.1 Å². The Hall–Kier alpha value is 1.03. The molecule has 0 N–H and O–H groups in total. The molecule has 1 atom stereocenters. The number of morpholine rings is 1. The first kappa shape index (κ1) is 13.0. The summed E-state index contributed by atoms with van der Waals surface area (Å²) in [5.74, 6) is 0.236. The number of hydrogen-bond acceptors (Lipinski definition) is 4. The molecule has 1 aliphatic rings. The Morgan fingerprint density at radius 2 is 2.00 bits per heavy atom. The van der Waals surface area contributed by atoms with E-state index in [9.17, 15) is 8.76 Å². The van der Waals surface area contributed by atoms with E-state index in [-0.39, 0.29) is 35.3 Å². The fraction of sp³-hybridized carbons (Fsp3) is 1.00. The van der Waals surface area contributed by atoms with Crippen LogP contribution < -0.4 is 29.6 Å². The molecule has 0 amide bonds. The van der Waals surface area contributed by atoms with E-state index in [4.69, 9.17) is 4.74 Å². The average molecular weight is 201 g/mol. The van der Waals surface area contributed by atoms with Gasteiger partial charge in [0.2, 0.25) is 0 Å². The van der Waals surface area contributed by atoms with Crippen molar-refractivity contribution in [1.82, 2.24) is 4.90 Å². The second-order valence-corrected chi connectivity index (χ2v) is 3.48. The standard InChI is InChI=1S/C6H13NO3S.Na/c8-11(9)6-3-7-1-4-10-5-2-7;/h1-6H2,(H,8,9);/q;+1/p-1. The van der Waals surface area contributed by atoms with Gasteiger partial charge in [-0.15, -0.1) is 0 Å². The molecule has 6 heteroatoms. The fourth-order valence-electron chi connectivity index (χ4n) is 1.03. The summed E-state index contributed by atoms with van der Waals surface area (Å²) in [6.07, 6.45) is 0. The first-order valence-corrected chi connectivity index (χ1v) is 4.89. The summed E-state index contributed by atoms with van der Waals surface area (Å²) in [4.78, 5) is 2.10. The van der Waals surface area contributed by atoms with Gasteiger partial charge in [-0.05, 0) is 0 Å². The Morgan fingerprint density at radius 3 is 2.50 bits per heavy atom. The van der Waals surface area contributed by atoms with E-state index < -0.39 is 11.1 Å².